The van der Waals surface area contributed by atoms with Crippen LogP contribution in [-0.2, 0) is 0 Å². The average Bonchev–Trinajstić information content (AvgIpc) is 2.22. The number of hydrogen-bond acceptors (Lipinski definition) is 0. The smallest absolute Gasteiger partial charge is 0.0327 e. The van der Waals surface area contributed by atoms with E-state index in [1.807, 2.05) is 0 Å². The Balaban J connectivity index is 3.45. The van der Waals surface area contributed by atoms with Crippen molar-refractivity contribution in [2.75, 3.05) is 24.6 Å². The lowest BCUT2D eigenvalue weighted by atomic mass is 9.86. The summed E-state index contributed by atoms with van der Waals surface area (Å²) < 4.78 is 0. The first-order chi connectivity index (χ1) is 9.49. The van der Waals surface area contributed by atoms with Crippen molar-refractivity contribution in [3.8, 4) is 0 Å². The molecule has 0 nitrogen and oxygen atoms in total. The van der Waals surface area contributed by atoms with Crippen molar-refractivity contribution >= 4 is 17.2 Å². The molecule has 128 valence electrons. The maximum Gasteiger partial charge on any atom is -0.0327 e. The quantitative estimate of drug-likeness (QED) is 0.302. The van der Waals surface area contributed by atoms with E-state index in [9.17, 15) is 0 Å². The van der Waals surface area contributed by atoms with Gasteiger partial charge in [-0.3, -0.25) is 0 Å². The standard InChI is InChI=1S/C19H42P2/c1-16(12-18(3,4)5)14-20-10-9-11-21-15-17(2)13-19(6,7)8/h16-17,20-21H,9-15H2,1-8H3. The Morgan fingerprint density at radius 2 is 1.00 bits per heavy atom. The Labute approximate surface area is 139 Å². The van der Waals surface area contributed by atoms with Gasteiger partial charge in [0.1, 0.15) is 0 Å². The lowest BCUT2D eigenvalue weighted by Gasteiger charge is -2.23. The zero-order valence-electron chi connectivity index (χ0n) is 16.1. The zero-order valence-corrected chi connectivity index (χ0v) is 18.1. The van der Waals surface area contributed by atoms with Crippen LogP contribution in [0.4, 0.5) is 0 Å². The summed E-state index contributed by atoms with van der Waals surface area (Å²) in [7, 11) is 2.40. The molecule has 0 N–H and O–H groups in total. The number of rotatable bonds is 10. The van der Waals surface area contributed by atoms with Crippen LogP contribution in [0.1, 0.15) is 74.7 Å². The first-order valence-corrected chi connectivity index (χ1v) is 11.7. The van der Waals surface area contributed by atoms with Gasteiger partial charge in [0.2, 0.25) is 0 Å². The van der Waals surface area contributed by atoms with Gasteiger partial charge in [-0.15, -0.1) is 17.2 Å². The molecule has 0 aromatic heterocycles. The third kappa shape index (κ3) is 17.1. The molecule has 4 unspecified atom stereocenters. The van der Waals surface area contributed by atoms with E-state index < -0.39 is 0 Å². The van der Waals surface area contributed by atoms with E-state index in [1.165, 1.54) is 61.1 Å². The summed E-state index contributed by atoms with van der Waals surface area (Å²) in [5, 5.41) is 0. The normalized spacial score (nSPS) is 17.1. The molecule has 0 heterocycles. The lowest BCUT2D eigenvalue weighted by Crippen LogP contribution is -2.12. The Kier molecular flexibility index (Phi) is 11.0. The summed E-state index contributed by atoms with van der Waals surface area (Å²) in [6, 6.07) is 0. The zero-order chi connectivity index (χ0) is 16.5. The summed E-state index contributed by atoms with van der Waals surface area (Å²) in [6.45, 7) is 19.1. The maximum absolute atomic E-state index is 2.44. The van der Waals surface area contributed by atoms with Gasteiger partial charge < -0.3 is 0 Å². The van der Waals surface area contributed by atoms with Crippen molar-refractivity contribution in [2.24, 2.45) is 22.7 Å². The maximum atomic E-state index is 2.44. The molecule has 0 saturated carbocycles. The van der Waals surface area contributed by atoms with Crippen LogP contribution in [0.25, 0.3) is 0 Å². The van der Waals surface area contributed by atoms with Gasteiger partial charge in [-0.1, -0.05) is 55.4 Å². The summed E-state index contributed by atoms with van der Waals surface area (Å²) in [6.07, 6.45) is 10.1. The van der Waals surface area contributed by atoms with E-state index in [2.05, 4.69) is 55.4 Å². The van der Waals surface area contributed by atoms with Crippen LogP contribution in [0.3, 0.4) is 0 Å². The molecule has 21 heavy (non-hydrogen) atoms. The highest BCUT2D eigenvalue weighted by Crippen LogP contribution is 2.30. The van der Waals surface area contributed by atoms with Gasteiger partial charge in [0.25, 0.3) is 0 Å². The Hall–Kier alpha value is 0.860. The van der Waals surface area contributed by atoms with Crippen LogP contribution in [0.5, 0.6) is 0 Å². The Bertz CT molecular complexity index is 221. The molecule has 0 radical (unpaired) electrons. The predicted octanol–water partition coefficient (Wildman–Crippen LogP) is 6.88. The minimum absolute atomic E-state index is 0.508. The van der Waals surface area contributed by atoms with Crippen LogP contribution >= 0.6 is 17.2 Å². The van der Waals surface area contributed by atoms with Crippen molar-refractivity contribution in [1.82, 2.24) is 0 Å². The van der Waals surface area contributed by atoms with E-state index in [0.717, 1.165) is 11.8 Å². The fourth-order valence-corrected chi connectivity index (χ4v) is 6.16. The topological polar surface area (TPSA) is 0 Å². The SMILES string of the molecule is CC(CPCCCPCC(C)CC(C)(C)C)CC(C)(C)C. The summed E-state index contributed by atoms with van der Waals surface area (Å²) in [5.74, 6) is 1.83. The van der Waals surface area contributed by atoms with Crippen LogP contribution in [-0.4, -0.2) is 24.6 Å². The molecular formula is C19H42P2. The third-order valence-corrected chi connectivity index (χ3v) is 7.00. The molecule has 0 saturated heterocycles. The molecule has 0 aliphatic heterocycles. The minimum atomic E-state index is 0.508. The second-order valence-corrected chi connectivity index (χ2v) is 12.3. The molecule has 0 aliphatic carbocycles. The van der Waals surface area contributed by atoms with Gasteiger partial charge in [0, 0.05) is 0 Å². The first kappa shape index (κ1) is 21.9. The molecule has 4 atom stereocenters. The molecule has 0 aromatic carbocycles. The van der Waals surface area contributed by atoms with Gasteiger partial charge in [-0.2, -0.15) is 0 Å². The first-order valence-electron chi connectivity index (χ1n) is 8.91. The predicted molar refractivity (Wildman–Crippen MR) is 107 cm³/mol. The third-order valence-electron chi connectivity index (χ3n) is 3.61. The van der Waals surface area contributed by atoms with Crippen molar-refractivity contribution < 1.29 is 0 Å². The molecule has 0 fully saturated rings. The van der Waals surface area contributed by atoms with Crippen LogP contribution < -0.4 is 0 Å². The molecule has 0 rings (SSSR count). The summed E-state index contributed by atoms with van der Waals surface area (Å²) in [5.41, 5.74) is 1.02. The van der Waals surface area contributed by atoms with E-state index >= 15 is 0 Å². The molecular weight excluding hydrogens is 290 g/mol. The second kappa shape index (κ2) is 10.6. The highest BCUT2D eigenvalue weighted by molar-refractivity contribution is 7.39. The highest BCUT2D eigenvalue weighted by Gasteiger charge is 2.15. The summed E-state index contributed by atoms with van der Waals surface area (Å²) >= 11 is 0. The van der Waals surface area contributed by atoms with Crippen LogP contribution in [0.2, 0.25) is 0 Å². The second-order valence-electron chi connectivity index (χ2n) is 9.50. The largest absolute Gasteiger partial charge is 0.122 e. The number of hydrogen-bond donors (Lipinski definition) is 0. The van der Waals surface area contributed by atoms with Crippen molar-refractivity contribution in [3.05, 3.63) is 0 Å². The Morgan fingerprint density at radius 3 is 1.29 bits per heavy atom. The fourth-order valence-electron chi connectivity index (χ4n) is 3.27. The molecule has 0 aliphatic rings. The van der Waals surface area contributed by atoms with E-state index in [0.29, 0.717) is 10.8 Å². The van der Waals surface area contributed by atoms with Gasteiger partial charge in [0.05, 0.1) is 0 Å². The van der Waals surface area contributed by atoms with Gasteiger partial charge >= 0.3 is 0 Å². The Morgan fingerprint density at radius 1 is 0.667 bits per heavy atom. The monoisotopic (exact) mass is 332 g/mol. The van der Waals surface area contributed by atoms with E-state index in [-0.39, 0.29) is 0 Å². The van der Waals surface area contributed by atoms with Crippen LogP contribution in [0, 0.1) is 22.7 Å². The van der Waals surface area contributed by atoms with Gasteiger partial charge in [-0.05, 0) is 66.6 Å². The van der Waals surface area contributed by atoms with E-state index in [1.54, 1.807) is 0 Å². The van der Waals surface area contributed by atoms with Gasteiger partial charge in [0.15, 0.2) is 0 Å². The fraction of sp³-hybridized carbons (Fsp3) is 1.00. The average molecular weight is 332 g/mol. The van der Waals surface area contributed by atoms with Crippen LogP contribution in [0.15, 0.2) is 0 Å². The van der Waals surface area contributed by atoms with E-state index in [4.69, 9.17) is 0 Å². The lowest BCUT2D eigenvalue weighted by molar-refractivity contribution is 0.322. The molecule has 0 bridgehead atoms. The molecule has 0 amide bonds. The van der Waals surface area contributed by atoms with Crippen molar-refractivity contribution in [1.29, 1.82) is 0 Å². The van der Waals surface area contributed by atoms with Crippen molar-refractivity contribution in [2.45, 2.75) is 74.7 Å². The van der Waals surface area contributed by atoms with Gasteiger partial charge in [-0.25, -0.2) is 0 Å². The molecule has 0 aromatic rings. The molecule has 0 spiro atoms. The molecule has 2 heteroatoms. The van der Waals surface area contributed by atoms with Crippen molar-refractivity contribution in [3.63, 3.8) is 0 Å². The highest BCUT2D eigenvalue weighted by atomic mass is 31.1. The minimum Gasteiger partial charge on any atom is -0.122 e. The summed E-state index contributed by atoms with van der Waals surface area (Å²) in [4.78, 5) is 0.